The molecule has 0 spiro atoms. The van der Waals surface area contributed by atoms with Gasteiger partial charge in [-0.25, -0.2) is 9.97 Å². The van der Waals surface area contributed by atoms with Crippen molar-refractivity contribution in [2.45, 2.75) is 45.3 Å². The first-order chi connectivity index (χ1) is 17.1. The molecular weight excluding hydrogens is 436 g/mol. The minimum absolute atomic E-state index is 0.396. The summed E-state index contributed by atoms with van der Waals surface area (Å²) in [6.07, 6.45) is 10.8. The molecule has 0 saturated carbocycles. The third-order valence-corrected chi connectivity index (χ3v) is 6.40. The van der Waals surface area contributed by atoms with Crippen molar-refractivity contribution in [3.8, 4) is 11.3 Å². The van der Waals surface area contributed by atoms with E-state index in [0.717, 1.165) is 72.2 Å². The smallest absolute Gasteiger partial charge is 0.123 e. The number of rotatable bonds is 11. The molecule has 0 aliphatic carbocycles. The second-order valence-electron chi connectivity index (χ2n) is 9.24. The van der Waals surface area contributed by atoms with Crippen LogP contribution in [0.5, 0.6) is 0 Å². The van der Waals surface area contributed by atoms with Crippen LogP contribution < -0.4 is 0 Å². The summed E-state index contributed by atoms with van der Waals surface area (Å²) in [7, 11) is 4.26. The second kappa shape index (κ2) is 11.9. The van der Waals surface area contributed by atoms with Crippen LogP contribution in [-0.4, -0.2) is 69.9 Å². The maximum absolute atomic E-state index is 4.64. The Morgan fingerprint density at radius 2 is 2.06 bits per heavy atom. The maximum Gasteiger partial charge on any atom is 0.123 e. The van der Waals surface area contributed by atoms with Crippen molar-refractivity contribution in [3.63, 3.8) is 0 Å². The van der Waals surface area contributed by atoms with E-state index in [-0.39, 0.29) is 0 Å². The first-order valence-electron chi connectivity index (χ1n) is 12.3. The SMILES string of the molecule is C=N/C=C(\C=NCc1ccc(-c2cnc(C3CCCN3C)[nH]2)cc1)c1cnc(CN(C)CCC)[nH]1. The lowest BCUT2D eigenvalue weighted by molar-refractivity contribution is 0.307. The summed E-state index contributed by atoms with van der Waals surface area (Å²) in [6.45, 7) is 9.30. The highest BCUT2D eigenvalue weighted by molar-refractivity contribution is 6.08. The molecule has 3 heterocycles. The largest absolute Gasteiger partial charge is 0.341 e. The van der Waals surface area contributed by atoms with Crippen molar-refractivity contribution >= 4 is 18.5 Å². The maximum atomic E-state index is 4.64. The van der Waals surface area contributed by atoms with Gasteiger partial charge in [-0.3, -0.25) is 19.8 Å². The lowest BCUT2D eigenvalue weighted by Gasteiger charge is -2.16. The molecule has 2 N–H and O–H groups in total. The zero-order valence-corrected chi connectivity index (χ0v) is 21.0. The minimum Gasteiger partial charge on any atom is -0.341 e. The molecular formula is C27H36N8. The van der Waals surface area contributed by atoms with E-state index in [0.29, 0.717) is 12.6 Å². The Bertz CT molecular complexity index is 1150. The van der Waals surface area contributed by atoms with Crippen LogP contribution in [0.1, 0.15) is 55.1 Å². The van der Waals surface area contributed by atoms with E-state index in [2.05, 4.69) is 91.7 Å². The average molecular weight is 473 g/mol. The third-order valence-electron chi connectivity index (χ3n) is 6.40. The van der Waals surface area contributed by atoms with Gasteiger partial charge in [0.1, 0.15) is 11.6 Å². The summed E-state index contributed by atoms with van der Waals surface area (Å²) in [6, 6.07) is 8.87. The highest BCUT2D eigenvalue weighted by Gasteiger charge is 2.25. The molecule has 1 aromatic carbocycles. The Kier molecular flexibility index (Phi) is 8.39. The van der Waals surface area contributed by atoms with Crippen LogP contribution in [0, 0.1) is 0 Å². The van der Waals surface area contributed by atoms with E-state index in [4.69, 9.17) is 0 Å². The van der Waals surface area contributed by atoms with Gasteiger partial charge in [-0.15, -0.1) is 0 Å². The number of hydrogen-bond donors (Lipinski definition) is 2. The van der Waals surface area contributed by atoms with Crippen LogP contribution >= 0.6 is 0 Å². The molecule has 1 atom stereocenters. The molecule has 35 heavy (non-hydrogen) atoms. The zero-order valence-electron chi connectivity index (χ0n) is 21.0. The van der Waals surface area contributed by atoms with Gasteiger partial charge in [0.25, 0.3) is 0 Å². The van der Waals surface area contributed by atoms with Crippen LogP contribution in [0.25, 0.3) is 16.8 Å². The van der Waals surface area contributed by atoms with E-state index in [1.165, 1.54) is 6.42 Å². The number of aliphatic imine (C=N–C) groups is 2. The van der Waals surface area contributed by atoms with E-state index in [1.807, 2.05) is 18.6 Å². The second-order valence-corrected chi connectivity index (χ2v) is 9.24. The quantitative estimate of drug-likeness (QED) is 0.395. The first-order valence-corrected chi connectivity index (χ1v) is 12.3. The Hall–Kier alpha value is -3.36. The number of likely N-dealkylation sites (tertiary alicyclic amines) is 1. The fourth-order valence-corrected chi connectivity index (χ4v) is 4.52. The fourth-order valence-electron chi connectivity index (χ4n) is 4.52. The molecule has 0 radical (unpaired) electrons. The number of benzene rings is 1. The van der Waals surface area contributed by atoms with Crippen LogP contribution in [0.4, 0.5) is 0 Å². The Balaban J connectivity index is 1.37. The minimum atomic E-state index is 0.396. The monoisotopic (exact) mass is 472 g/mol. The lowest BCUT2D eigenvalue weighted by atomic mass is 10.1. The first kappa shape index (κ1) is 24.8. The molecule has 1 unspecified atom stereocenters. The van der Waals surface area contributed by atoms with Gasteiger partial charge in [-0.2, -0.15) is 0 Å². The topological polar surface area (TPSA) is 88.6 Å². The Morgan fingerprint density at radius 3 is 2.77 bits per heavy atom. The molecule has 184 valence electrons. The number of allylic oxidation sites excluding steroid dienone is 1. The summed E-state index contributed by atoms with van der Waals surface area (Å²) in [5, 5.41) is 0. The van der Waals surface area contributed by atoms with Crippen molar-refractivity contribution in [1.29, 1.82) is 0 Å². The molecule has 0 amide bonds. The normalized spacial score (nSPS) is 17.1. The van der Waals surface area contributed by atoms with Gasteiger partial charge in [0.15, 0.2) is 0 Å². The standard InChI is InChI=1S/C27H36N8/c1-5-12-34(3)19-26-30-17-24(32-26)22(15-28-2)16-29-14-20-8-10-21(11-9-20)23-18-31-27(33-23)25-7-6-13-35(25)4/h8-11,15-18,25H,2,5-7,12-14,19H2,1,3-4H3,(H,30,32)(H,31,33)/b22-15+,29-16?. The summed E-state index contributed by atoms with van der Waals surface area (Å²) < 4.78 is 0. The molecule has 2 aromatic heterocycles. The number of nitrogens with zero attached hydrogens (tertiary/aromatic N) is 6. The number of aromatic amines is 2. The zero-order chi connectivity index (χ0) is 24.6. The van der Waals surface area contributed by atoms with Gasteiger partial charge >= 0.3 is 0 Å². The van der Waals surface area contributed by atoms with Gasteiger partial charge in [0, 0.05) is 18.0 Å². The van der Waals surface area contributed by atoms with Crippen LogP contribution in [0.15, 0.2) is 52.8 Å². The molecule has 8 heteroatoms. The van der Waals surface area contributed by atoms with E-state index >= 15 is 0 Å². The van der Waals surface area contributed by atoms with Gasteiger partial charge in [0.05, 0.1) is 42.9 Å². The van der Waals surface area contributed by atoms with Crippen molar-refractivity contribution in [2.24, 2.45) is 9.98 Å². The Morgan fingerprint density at radius 1 is 1.23 bits per heavy atom. The molecule has 0 bridgehead atoms. The predicted octanol–water partition coefficient (Wildman–Crippen LogP) is 4.72. The van der Waals surface area contributed by atoms with E-state index < -0.39 is 0 Å². The summed E-state index contributed by atoms with van der Waals surface area (Å²) in [5.74, 6) is 1.99. The van der Waals surface area contributed by atoms with Crippen LogP contribution in [0.2, 0.25) is 0 Å². The van der Waals surface area contributed by atoms with Crippen molar-refractivity contribution < 1.29 is 0 Å². The summed E-state index contributed by atoms with van der Waals surface area (Å²) in [5.41, 5.74) is 5.07. The molecule has 1 aliphatic heterocycles. The number of imidazole rings is 2. The summed E-state index contributed by atoms with van der Waals surface area (Å²) >= 11 is 0. The van der Waals surface area contributed by atoms with Crippen molar-refractivity contribution in [3.05, 3.63) is 65.8 Å². The number of hydrogen-bond acceptors (Lipinski definition) is 6. The molecule has 1 fully saturated rings. The van der Waals surface area contributed by atoms with Crippen LogP contribution in [0.3, 0.4) is 0 Å². The van der Waals surface area contributed by atoms with Crippen molar-refractivity contribution in [1.82, 2.24) is 29.7 Å². The number of nitrogens with one attached hydrogen (secondary N) is 2. The van der Waals surface area contributed by atoms with Gasteiger partial charge in [-0.1, -0.05) is 31.2 Å². The lowest BCUT2D eigenvalue weighted by Crippen LogP contribution is -2.19. The summed E-state index contributed by atoms with van der Waals surface area (Å²) in [4.78, 5) is 29.2. The predicted molar refractivity (Wildman–Crippen MR) is 144 cm³/mol. The molecule has 1 aliphatic rings. The number of H-pyrrole nitrogens is 2. The molecule has 3 aromatic rings. The van der Waals surface area contributed by atoms with Gasteiger partial charge < -0.3 is 9.97 Å². The van der Waals surface area contributed by atoms with E-state index in [9.17, 15) is 0 Å². The highest BCUT2D eigenvalue weighted by Crippen LogP contribution is 2.30. The Labute approximate surface area is 207 Å². The van der Waals surface area contributed by atoms with Crippen LogP contribution in [-0.2, 0) is 13.1 Å². The van der Waals surface area contributed by atoms with Gasteiger partial charge in [-0.05, 0) is 64.3 Å². The van der Waals surface area contributed by atoms with Gasteiger partial charge in [0.2, 0.25) is 0 Å². The molecule has 4 rings (SSSR count). The molecule has 8 nitrogen and oxygen atoms in total. The third kappa shape index (κ3) is 6.41. The highest BCUT2D eigenvalue weighted by atomic mass is 15.2. The number of aromatic nitrogens is 4. The fraction of sp³-hybridized carbons (Fsp3) is 0.407. The molecule has 1 saturated heterocycles. The van der Waals surface area contributed by atoms with E-state index in [1.54, 1.807) is 6.20 Å². The van der Waals surface area contributed by atoms with Crippen molar-refractivity contribution in [2.75, 3.05) is 27.2 Å². The average Bonchev–Trinajstić information content (AvgIpc) is 3.60.